The highest BCUT2D eigenvalue weighted by molar-refractivity contribution is 8.01. The van der Waals surface area contributed by atoms with Crippen molar-refractivity contribution in [3.8, 4) is 0 Å². The van der Waals surface area contributed by atoms with Gasteiger partial charge in [0.2, 0.25) is 0 Å². The Bertz CT molecular complexity index is 742. The molecule has 22 heavy (non-hydrogen) atoms. The first kappa shape index (κ1) is 16.8. The maximum Gasteiger partial charge on any atom is 0.348 e. The molecule has 0 aliphatic rings. The van der Waals surface area contributed by atoms with E-state index in [1.54, 1.807) is 0 Å². The zero-order chi connectivity index (χ0) is 16.4. The fourth-order valence-electron chi connectivity index (χ4n) is 1.45. The predicted molar refractivity (Wildman–Crippen MR) is 81.9 cm³/mol. The Morgan fingerprint density at radius 1 is 1.41 bits per heavy atom. The molecule has 0 atom stereocenters. The number of halogens is 2. The van der Waals surface area contributed by atoms with Gasteiger partial charge in [0, 0.05) is 6.07 Å². The van der Waals surface area contributed by atoms with Crippen LogP contribution >= 0.6 is 46.3 Å². The predicted octanol–water partition coefficient (Wildman–Crippen LogP) is 3.53. The first-order chi connectivity index (χ1) is 10.3. The zero-order valence-electron chi connectivity index (χ0n) is 10.7. The van der Waals surface area contributed by atoms with Crippen molar-refractivity contribution in [2.45, 2.75) is 9.10 Å². The minimum Gasteiger partial charge on any atom is -0.619 e. The van der Waals surface area contributed by atoms with Crippen molar-refractivity contribution < 1.29 is 19.2 Å². The Labute approximate surface area is 142 Å². The standard InChI is InChI=1S/C11H6Cl2N2O5S2/c1-20-10(16)8-2-7(15(18)19)11(21-8)22-9-5(12)3-14(17)4-6(9)13/h2-4H,1H3. The molecule has 0 fully saturated rings. The van der Waals surface area contributed by atoms with Gasteiger partial charge in [-0.25, -0.2) is 4.79 Å². The number of rotatable bonds is 4. The second-order valence-corrected chi connectivity index (χ2v) is 6.92. The molecule has 116 valence electrons. The van der Waals surface area contributed by atoms with E-state index >= 15 is 0 Å². The number of carbonyl (C=O) groups excluding carboxylic acids is 1. The van der Waals surface area contributed by atoms with E-state index in [1.165, 1.54) is 7.11 Å². The number of methoxy groups -OCH3 is 1. The Hall–Kier alpha value is -1.55. The fourth-order valence-corrected chi connectivity index (χ4v) is 4.31. The minimum atomic E-state index is -0.678. The normalized spacial score (nSPS) is 10.5. The summed E-state index contributed by atoms with van der Waals surface area (Å²) in [7, 11) is 1.18. The summed E-state index contributed by atoms with van der Waals surface area (Å²) in [5, 5.41) is 22.4. The highest BCUT2D eigenvalue weighted by Crippen LogP contribution is 2.45. The Morgan fingerprint density at radius 3 is 2.50 bits per heavy atom. The highest BCUT2D eigenvalue weighted by atomic mass is 35.5. The van der Waals surface area contributed by atoms with Crippen LogP contribution in [0.4, 0.5) is 5.69 Å². The summed E-state index contributed by atoms with van der Waals surface area (Å²) >= 11 is 13.6. The first-order valence-corrected chi connectivity index (χ1v) is 7.84. The van der Waals surface area contributed by atoms with Crippen molar-refractivity contribution in [2.24, 2.45) is 0 Å². The lowest BCUT2D eigenvalue weighted by Crippen LogP contribution is -2.24. The molecule has 11 heteroatoms. The van der Waals surface area contributed by atoms with Gasteiger partial charge in [0.05, 0.1) is 16.9 Å². The first-order valence-electron chi connectivity index (χ1n) is 5.45. The molecule has 2 aromatic heterocycles. The molecule has 2 heterocycles. The average Bonchev–Trinajstić information content (AvgIpc) is 2.86. The third-order valence-corrected chi connectivity index (χ3v) is 5.61. The van der Waals surface area contributed by atoms with Gasteiger partial charge in [0.15, 0.2) is 12.4 Å². The van der Waals surface area contributed by atoms with E-state index in [1.807, 2.05) is 0 Å². The molecule has 0 aromatic carbocycles. The molecule has 0 unspecified atom stereocenters. The van der Waals surface area contributed by atoms with Crippen molar-refractivity contribution in [2.75, 3.05) is 7.11 Å². The molecule has 0 saturated heterocycles. The van der Waals surface area contributed by atoms with Gasteiger partial charge in [-0.05, 0) is 0 Å². The fraction of sp³-hybridized carbons (Fsp3) is 0.0909. The van der Waals surface area contributed by atoms with Crippen LogP contribution < -0.4 is 4.73 Å². The SMILES string of the molecule is COC(=O)c1cc([N+](=O)[O-])c(Sc2c(Cl)c[n+]([O-])cc2Cl)s1. The van der Waals surface area contributed by atoms with Gasteiger partial charge in [-0.2, -0.15) is 4.73 Å². The lowest BCUT2D eigenvalue weighted by molar-refractivity contribution is -0.605. The number of esters is 1. The molecule has 2 aromatic rings. The molecule has 0 aliphatic heterocycles. The van der Waals surface area contributed by atoms with Gasteiger partial charge in [0.1, 0.15) is 19.1 Å². The molecule has 0 radical (unpaired) electrons. The van der Waals surface area contributed by atoms with Crippen LogP contribution in [0.15, 0.2) is 27.6 Å². The van der Waals surface area contributed by atoms with E-state index in [2.05, 4.69) is 4.74 Å². The number of nitro groups is 1. The molecule has 2 rings (SSSR count). The number of ether oxygens (including phenoxy) is 1. The maximum atomic E-state index is 11.5. The molecule has 0 bridgehead atoms. The number of aromatic nitrogens is 1. The van der Waals surface area contributed by atoms with Crippen LogP contribution in [0.5, 0.6) is 0 Å². The monoisotopic (exact) mass is 380 g/mol. The zero-order valence-corrected chi connectivity index (χ0v) is 13.9. The Balaban J connectivity index is 2.47. The second-order valence-electron chi connectivity index (χ2n) is 3.78. The summed E-state index contributed by atoms with van der Waals surface area (Å²) in [6.45, 7) is 0. The van der Waals surface area contributed by atoms with Crippen molar-refractivity contribution in [3.63, 3.8) is 0 Å². The summed E-state index contributed by atoms with van der Waals surface area (Å²) in [5.41, 5.74) is -0.263. The molecule has 0 aliphatic carbocycles. The molecule has 0 spiro atoms. The van der Waals surface area contributed by atoms with Gasteiger partial charge >= 0.3 is 5.97 Å². The number of hydrogen-bond donors (Lipinski definition) is 0. The second kappa shape index (κ2) is 6.69. The van der Waals surface area contributed by atoms with E-state index in [4.69, 9.17) is 23.2 Å². The molecule has 0 amide bonds. The number of carbonyl (C=O) groups is 1. The summed E-state index contributed by atoms with van der Waals surface area (Å²) in [4.78, 5) is 22.3. The smallest absolute Gasteiger partial charge is 0.348 e. The Kier molecular flexibility index (Phi) is 5.12. The van der Waals surface area contributed by atoms with Crippen molar-refractivity contribution >= 4 is 58.0 Å². The van der Waals surface area contributed by atoms with Crippen molar-refractivity contribution in [3.05, 3.63) is 48.7 Å². The summed E-state index contributed by atoms with van der Waals surface area (Å²) in [6.07, 6.45) is 2.16. The number of thiophene rings is 1. The number of nitrogens with zero attached hydrogens (tertiary/aromatic N) is 2. The van der Waals surface area contributed by atoms with Crippen LogP contribution in [0.25, 0.3) is 0 Å². The van der Waals surface area contributed by atoms with Gasteiger partial charge in [-0.3, -0.25) is 10.1 Å². The van der Waals surface area contributed by atoms with Crippen LogP contribution in [0, 0.1) is 15.3 Å². The third kappa shape index (κ3) is 3.43. The summed E-state index contributed by atoms with van der Waals surface area (Å²) in [5.74, 6) is -0.678. The molecule has 0 N–H and O–H groups in total. The van der Waals surface area contributed by atoms with E-state index in [-0.39, 0.29) is 29.7 Å². The van der Waals surface area contributed by atoms with Gasteiger partial charge in [-0.1, -0.05) is 35.0 Å². The molecular weight excluding hydrogens is 375 g/mol. The van der Waals surface area contributed by atoms with E-state index in [0.29, 0.717) is 4.73 Å². The van der Waals surface area contributed by atoms with Gasteiger partial charge < -0.3 is 9.94 Å². The molecule has 0 saturated carbocycles. The van der Waals surface area contributed by atoms with Crippen LogP contribution in [0.1, 0.15) is 9.67 Å². The van der Waals surface area contributed by atoms with Crippen LogP contribution in [-0.2, 0) is 4.74 Å². The van der Waals surface area contributed by atoms with Gasteiger partial charge in [-0.15, -0.1) is 11.3 Å². The lowest BCUT2D eigenvalue weighted by atomic mass is 10.4. The van der Waals surface area contributed by atoms with Crippen LogP contribution in [0.2, 0.25) is 10.0 Å². The quantitative estimate of drug-likeness (QED) is 0.264. The highest BCUT2D eigenvalue weighted by Gasteiger charge is 2.25. The molecule has 7 nitrogen and oxygen atoms in total. The summed E-state index contributed by atoms with van der Waals surface area (Å²) in [6, 6.07) is 1.12. The van der Waals surface area contributed by atoms with E-state index in [0.717, 1.165) is 41.6 Å². The molecular formula is C11H6Cl2N2O5S2. The average molecular weight is 381 g/mol. The van der Waals surface area contributed by atoms with E-state index in [9.17, 15) is 20.1 Å². The van der Waals surface area contributed by atoms with Crippen LogP contribution in [-0.4, -0.2) is 18.0 Å². The Morgan fingerprint density at radius 2 is 2.00 bits per heavy atom. The minimum absolute atomic E-state index is 0.0508. The van der Waals surface area contributed by atoms with E-state index < -0.39 is 10.9 Å². The third-order valence-electron chi connectivity index (χ3n) is 2.37. The largest absolute Gasteiger partial charge is 0.619 e. The van der Waals surface area contributed by atoms with Crippen LogP contribution in [0.3, 0.4) is 0 Å². The van der Waals surface area contributed by atoms with Crippen molar-refractivity contribution in [1.29, 1.82) is 0 Å². The maximum absolute atomic E-state index is 11.5. The summed E-state index contributed by atoms with van der Waals surface area (Å²) < 4.78 is 5.17. The van der Waals surface area contributed by atoms with Crippen molar-refractivity contribution in [1.82, 2.24) is 0 Å². The topological polar surface area (TPSA) is 96.4 Å². The lowest BCUT2D eigenvalue weighted by Gasteiger charge is -2.04. The van der Waals surface area contributed by atoms with Gasteiger partial charge in [0.25, 0.3) is 5.69 Å². The number of hydrogen-bond acceptors (Lipinski definition) is 7. The number of pyridine rings is 1.